The predicted octanol–water partition coefficient (Wildman–Crippen LogP) is 2.25. The highest BCUT2D eigenvalue weighted by molar-refractivity contribution is 9.10. The molecule has 0 N–H and O–H groups in total. The molecule has 2 heterocycles. The molecule has 1 aromatic heterocycles. The molecule has 2 rings (SSSR count). The monoisotopic (exact) mass is 329 g/mol. The lowest BCUT2D eigenvalue weighted by molar-refractivity contribution is -0.000553. The number of rotatable bonds is 2. The first-order valence-electron chi connectivity index (χ1n) is 5.98. The average molecular weight is 330 g/mol. The van der Waals surface area contributed by atoms with Gasteiger partial charge in [-0.05, 0) is 36.7 Å². The van der Waals surface area contributed by atoms with Crippen LogP contribution < -0.4 is 0 Å². The lowest BCUT2D eigenvalue weighted by atomic mass is 10.1. The number of hydrogen-bond donors (Lipinski definition) is 0. The maximum Gasteiger partial charge on any atom is 0.410 e. The maximum atomic E-state index is 11.8. The third kappa shape index (κ3) is 2.97. The zero-order valence-corrected chi connectivity index (χ0v) is 12.7. The van der Waals surface area contributed by atoms with Crippen LogP contribution >= 0.6 is 15.9 Å². The lowest BCUT2D eigenvalue weighted by Crippen LogP contribution is -2.52. The van der Waals surface area contributed by atoms with Gasteiger partial charge in [0.2, 0.25) is 0 Å². The Hall–Kier alpha value is -1.37. The molecule has 0 saturated carbocycles. The summed E-state index contributed by atoms with van der Waals surface area (Å²) in [5.41, 5.74) is -0.000889. The molecular weight excluding hydrogens is 314 g/mol. The number of carbonyl (C=O) groups is 2. The highest BCUT2D eigenvalue weighted by Gasteiger charge is 2.36. The van der Waals surface area contributed by atoms with E-state index in [9.17, 15) is 9.59 Å². The van der Waals surface area contributed by atoms with Crippen molar-refractivity contribution in [2.24, 2.45) is 0 Å². The number of aromatic nitrogens is 2. The molecule has 1 saturated heterocycles. The van der Waals surface area contributed by atoms with Gasteiger partial charge in [-0.25, -0.2) is 4.79 Å². The molecule has 0 aliphatic carbocycles. The van der Waals surface area contributed by atoms with E-state index in [-0.39, 0.29) is 12.1 Å². The second-order valence-electron chi connectivity index (χ2n) is 5.48. The third-order valence-electron chi connectivity index (χ3n) is 2.76. The summed E-state index contributed by atoms with van der Waals surface area (Å²) in [5, 5.41) is 4.14. The molecule has 1 amide bonds. The van der Waals surface area contributed by atoms with Gasteiger partial charge in [0, 0.05) is 13.1 Å². The standard InChI is InChI=1S/C12H16BrN3O3/c1-12(2,3)19-11(18)15-5-8(6-15)16-10(7-17)9(13)4-14-16/h4,7-8H,5-6H2,1-3H3. The summed E-state index contributed by atoms with van der Waals surface area (Å²) in [4.78, 5) is 24.3. The molecule has 1 aromatic rings. The number of nitrogens with zero attached hydrogens (tertiary/aromatic N) is 3. The molecule has 1 aliphatic rings. The van der Waals surface area contributed by atoms with Gasteiger partial charge < -0.3 is 9.64 Å². The average Bonchev–Trinajstić information content (AvgIpc) is 2.54. The summed E-state index contributed by atoms with van der Waals surface area (Å²) in [6.45, 7) is 6.50. The van der Waals surface area contributed by atoms with E-state index in [4.69, 9.17) is 4.74 Å². The van der Waals surface area contributed by atoms with Crippen molar-refractivity contribution in [3.63, 3.8) is 0 Å². The molecule has 0 bridgehead atoms. The molecule has 104 valence electrons. The summed E-state index contributed by atoms with van der Waals surface area (Å²) in [5.74, 6) is 0. The molecule has 6 nitrogen and oxygen atoms in total. The fraction of sp³-hybridized carbons (Fsp3) is 0.583. The minimum Gasteiger partial charge on any atom is -0.444 e. The van der Waals surface area contributed by atoms with Crippen LogP contribution in [0.2, 0.25) is 0 Å². The van der Waals surface area contributed by atoms with Crippen molar-refractivity contribution < 1.29 is 14.3 Å². The normalized spacial score (nSPS) is 16.1. The summed E-state index contributed by atoms with van der Waals surface area (Å²) < 4.78 is 7.57. The fourth-order valence-electron chi connectivity index (χ4n) is 1.84. The van der Waals surface area contributed by atoms with E-state index in [0.29, 0.717) is 23.3 Å². The number of carbonyl (C=O) groups excluding carboxylic acids is 2. The summed E-state index contributed by atoms with van der Waals surface area (Å²) in [6.07, 6.45) is 2.01. The van der Waals surface area contributed by atoms with E-state index in [1.807, 2.05) is 20.8 Å². The largest absolute Gasteiger partial charge is 0.444 e. The molecule has 0 atom stereocenters. The zero-order chi connectivity index (χ0) is 14.2. The zero-order valence-electron chi connectivity index (χ0n) is 11.1. The van der Waals surface area contributed by atoms with Crippen LogP contribution in [0.4, 0.5) is 4.79 Å². The van der Waals surface area contributed by atoms with E-state index < -0.39 is 5.60 Å². The summed E-state index contributed by atoms with van der Waals surface area (Å²) in [6, 6.07) is 0.0269. The Morgan fingerprint density at radius 1 is 1.53 bits per heavy atom. The maximum absolute atomic E-state index is 11.8. The van der Waals surface area contributed by atoms with Gasteiger partial charge in [0.15, 0.2) is 6.29 Å². The molecule has 0 unspecified atom stereocenters. The Labute approximate surface area is 119 Å². The predicted molar refractivity (Wildman–Crippen MR) is 72.2 cm³/mol. The fourth-order valence-corrected chi connectivity index (χ4v) is 2.20. The van der Waals surface area contributed by atoms with Crippen molar-refractivity contribution in [3.05, 3.63) is 16.4 Å². The number of likely N-dealkylation sites (tertiary alicyclic amines) is 1. The summed E-state index contributed by atoms with van der Waals surface area (Å²) >= 11 is 3.26. The Kier molecular flexibility index (Phi) is 3.66. The van der Waals surface area contributed by atoms with Crippen LogP contribution in [-0.4, -0.2) is 45.8 Å². The van der Waals surface area contributed by atoms with Crippen LogP contribution in [0, 0.1) is 0 Å². The Morgan fingerprint density at radius 2 is 2.16 bits per heavy atom. The number of aldehydes is 1. The van der Waals surface area contributed by atoms with Crippen LogP contribution in [-0.2, 0) is 4.74 Å². The second-order valence-corrected chi connectivity index (χ2v) is 6.33. The molecule has 1 fully saturated rings. The summed E-state index contributed by atoms with van der Waals surface area (Å²) in [7, 11) is 0. The van der Waals surface area contributed by atoms with Gasteiger partial charge in [-0.3, -0.25) is 9.48 Å². The Balaban J connectivity index is 1.96. The van der Waals surface area contributed by atoms with Crippen molar-refractivity contribution in [1.82, 2.24) is 14.7 Å². The van der Waals surface area contributed by atoms with Crippen LogP contribution in [0.3, 0.4) is 0 Å². The van der Waals surface area contributed by atoms with Crippen LogP contribution in [0.25, 0.3) is 0 Å². The highest BCUT2D eigenvalue weighted by atomic mass is 79.9. The van der Waals surface area contributed by atoms with E-state index >= 15 is 0 Å². The molecular formula is C12H16BrN3O3. The molecule has 7 heteroatoms. The van der Waals surface area contributed by atoms with E-state index in [1.54, 1.807) is 15.8 Å². The molecule has 1 aliphatic heterocycles. The first-order chi connectivity index (χ1) is 8.81. The molecule has 0 radical (unpaired) electrons. The van der Waals surface area contributed by atoms with Gasteiger partial charge in [0.1, 0.15) is 11.3 Å². The number of ether oxygens (including phenoxy) is 1. The van der Waals surface area contributed by atoms with Gasteiger partial charge in [-0.1, -0.05) is 0 Å². The van der Waals surface area contributed by atoms with E-state index in [0.717, 1.165) is 6.29 Å². The smallest absolute Gasteiger partial charge is 0.410 e. The van der Waals surface area contributed by atoms with Crippen LogP contribution in [0.1, 0.15) is 37.3 Å². The van der Waals surface area contributed by atoms with Crippen LogP contribution in [0.15, 0.2) is 10.7 Å². The van der Waals surface area contributed by atoms with Crippen LogP contribution in [0.5, 0.6) is 0 Å². The number of amides is 1. The van der Waals surface area contributed by atoms with Gasteiger partial charge in [0.25, 0.3) is 0 Å². The van der Waals surface area contributed by atoms with Gasteiger partial charge in [-0.15, -0.1) is 0 Å². The first kappa shape index (κ1) is 14.0. The number of hydrogen-bond acceptors (Lipinski definition) is 4. The topological polar surface area (TPSA) is 64.4 Å². The quantitative estimate of drug-likeness (QED) is 0.780. The molecule has 0 aromatic carbocycles. The minimum absolute atomic E-state index is 0.0269. The minimum atomic E-state index is -0.495. The SMILES string of the molecule is CC(C)(C)OC(=O)N1CC(n2ncc(Br)c2C=O)C1. The van der Waals surface area contributed by atoms with Crippen molar-refractivity contribution >= 4 is 28.3 Å². The van der Waals surface area contributed by atoms with Gasteiger partial charge in [-0.2, -0.15) is 5.10 Å². The van der Waals surface area contributed by atoms with E-state index in [1.165, 1.54) is 0 Å². The third-order valence-corrected chi connectivity index (χ3v) is 3.37. The van der Waals surface area contributed by atoms with Crippen molar-refractivity contribution in [2.45, 2.75) is 32.4 Å². The molecule has 0 spiro atoms. The van der Waals surface area contributed by atoms with Crippen molar-refractivity contribution in [2.75, 3.05) is 13.1 Å². The first-order valence-corrected chi connectivity index (χ1v) is 6.77. The molecule has 19 heavy (non-hydrogen) atoms. The van der Waals surface area contributed by atoms with Gasteiger partial charge in [0.05, 0.1) is 16.7 Å². The van der Waals surface area contributed by atoms with Gasteiger partial charge >= 0.3 is 6.09 Å². The second kappa shape index (κ2) is 4.96. The number of halogens is 1. The Bertz CT molecular complexity index is 501. The van der Waals surface area contributed by atoms with Crippen molar-refractivity contribution in [3.8, 4) is 0 Å². The van der Waals surface area contributed by atoms with Crippen molar-refractivity contribution in [1.29, 1.82) is 0 Å². The Morgan fingerprint density at radius 3 is 2.68 bits per heavy atom. The van der Waals surface area contributed by atoms with E-state index in [2.05, 4.69) is 21.0 Å². The lowest BCUT2D eigenvalue weighted by Gasteiger charge is -2.39. The highest BCUT2D eigenvalue weighted by Crippen LogP contribution is 2.26.